The predicted molar refractivity (Wildman–Crippen MR) is 115 cm³/mol. The number of anilines is 1. The Morgan fingerprint density at radius 3 is 2.78 bits per heavy atom. The quantitative estimate of drug-likeness (QED) is 0.731. The van der Waals surface area contributed by atoms with Crippen LogP contribution in [-0.4, -0.2) is 36.4 Å². The molecule has 2 aromatic carbocycles. The second kappa shape index (κ2) is 9.20. The fourth-order valence-corrected chi connectivity index (χ4v) is 3.69. The van der Waals surface area contributed by atoms with Crippen LogP contribution >= 0.6 is 12.2 Å². The van der Waals surface area contributed by atoms with Crippen molar-refractivity contribution in [3.05, 3.63) is 59.2 Å². The Hall–Kier alpha value is -2.11. The number of nitrogens with one attached hydrogen (secondary N) is 1. The van der Waals surface area contributed by atoms with E-state index in [9.17, 15) is 0 Å². The van der Waals surface area contributed by atoms with Crippen LogP contribution in [0, 0.1) is 13.8 Å². The van der Waals surface area contributed by atoms with E-state index in [1.54, 1.807) is 7.11 Å². The molecule has 3 rings (SSSR count). The van der Waals surface area contributed by atoms with Gasteiger partial charge in [0.1, 0.15) is 5.75 Å². The Morgan fingerprint density at radius 2 is 2.07 bits per heavy atom. The first-order chi connectivity index (χ1) is 13.1. The highest BCUT2D eigenvalue weighted by Gasteiger charge is 2.22. The fourth-order valence-electron chi connectivity index (χ4n) is 3.44. The van der Waals surface area contributed by atoms with Crippen LogP contribution in [0.1, 0.15) is 29.5 Å². The Morgan fingerprint density at radius 1 is 1.26 bits per heavy atom. The van der Waals surface area contributed by atoms with Gasteiger partial charge >= 0.3 is 0 Å². The lowest BCUT2D eigenvalue weighted by molar-refractivity contribution is 0.0903. The predicted octanol–water partition coefficient (Wildman–Crippen LogP) is 4.69. The van der Waals surface area contributed by atoms with Gasteiger partial charge in [-0.25, -0.2) is 0 Å². The van der Waals surface area contributed by atoms with Gasteiger partial charge in [-0.2, -0.15) is 0 Å². The average Bonchev–Trinajstić information content (AvgIpc) is 3.17. The Kier molecular flexibility index (Phi) is 6.69. The van der Waals surface area contributed by atoms with E-state index >= 15 is 0 Å². The molecule has 144 valence electrons. The van der Waals surface area contributed by atoms with Crippen molar-refractivity contribution in [2.75, 3.05) is 25.6 Å². The van der Waals surface area contributed by atoms with Gasteiger partial charge in [-0.05, 0) is 56.6 Å². The van der Waals surface area contributed by atoms with E-state index in [1.807, 2.05) is 18.2 Å². The normalized spacial score (nSPS) is 16.2. The average molecular weight is 385 g/mol. The zero-order valence-corrected chi connectivity index (χ0v) is 17.1. The number of aryl methyl sites for hydroxylation is 2. The SMILES string of the molecule is COc1ccccc1CN(CC1CCCO1)C(=S)Nc1ccc(C)cc1C. The molecule has 0 spiro atoms. The van der Waals surface area contributed by atoms with E-state index in [2.05, 4.69) is 48.3 Å². The molecule has 1 aliphatic heterocycles. The van der Waals surface area contributed by atoms with Gasteiger partial charge in [-0.15, -0.1) is 0 Å². The van der Waals surface area contributed by atoms with Gasteiger partial charge in [-0.1, -0.05) is 35.9 Å². The molecule has 0 bridgehead atoms. The minimum atomic E-state index is 0.221. The number of benzene rings is 2. The molecule has 1 unspecified atom stereocenters. The van der Waals surface area contributed by atoms with Gasteiger partial charge in [0.25, 0.3) is 0 Å². The number of nitrogens with zero attached hydrogens (tertiary/aromatic N) is 1. The van der Waals surface area contributed by atoms with Gasteiger partial charge in [0.15, 0.2) is 5.11 Å². The van der Waals surface area contributed by atoms with E-state index < -0.39 is 0 Å². The number of rotatable bonds is 6. The van der Waals surface area contributed by atoms with Gasteiger partial charge in [0, 0.05) is 30.9 Å². The van der Waals surface area contributed by atoms with Crippen molar-refractivity contribution in [1.82, 2.24) is 4.90 Å². The Labute approximate surface area is 167 Å². The molecule has 1 fully saturated rings. The first-order valence-electron chi connectivity index (χ1n) is 9.43. The summed E-state index contributed by atoms with van der Waals surface area (Å²) in [6, 6.07) is 14.4. The number of methoxy groups -OCH3 is 1. The molecule has 1 aliphatic rings. The molecule has 4 nitrogen and oxygen atoms in total. The molecule has 0 radical (unpaired) electrons. The van der Waals surface area contributed by atoms with Crippen molar-refractivity contribution in [3.63, 3.8) is 0 Å². The lowest BCUT2D eigenvalue weighted by Gasteiger charge is -2.29. The highest BCUT2D eigenvalue weighted by Crippen LogP contribution is 2.23. The van der Waals surface area contributed by atoms with E-state index in [0.717, 1.165) is 43.0 Å². The molecule has 1 saturated heterocycles. The maximum Gasteiger partial charge on any atom is 0.173 e. The van der Waals surface area contributed by atoms with Crippen molar-refractivity contribution in [1.29, 1.82) is 0 Å². The maximum absolute atomic E-state index is 5.86. The number of hydrogen-bond donors (Lipinski definition) is 1. The lowest BCUT2D eigenvalue weighted by atomic mass is 10.1. The molecule has 1 N–H and O–H groups in total. The molecule has 0 amide bonds. The molecule has 5 heteroatoms. The van der Waals surface area contributed by atoms with Crippen molar-refractivity contribution < 1.29 is 9.47 Å². The van der Waals surface area contributed by atoms with Crippen molar-refractivity contribution in [2.24, 2.45) is 0 Å². The minimum Gasteiger partial charge on any atom is -0.496 e. The molecular formula is C22H28N2O2S. The summed E-state index contributed by atoms with van der Waals surface area (Å²) in [5.74, 6) is 0.879. The van der Waals surface area contributed by atoms with E-state index in [1.165, 1.54) is 11.1 Å². The third-order valence-corrected chi connectivity index (χ3v) is 5.27. The van der Waals surface area contributed by atoms with E-state index in [4.69, 9.17) is 21.7 Å². The molecule has 1 atom stereocenters. The van der Waals surface area contributed by atoms with Crippen molar-refractivity contribution in [3.8, 4) is 5.75 Å². The topological polar surface area (TPSA) is 33.7 Å². The first kappa shape index (κ1) is 19.6. The van der Waals surface area contributed by atoms with Gasteiger partial charge in [0.2, 0.25) is 0 Å². The Balaban J connectivity index is 1.78. The van der Waals surface area contributed by atoms with Crippen LogP contribution in [0.25, 0.3) is 0 Å². The van der Waals surface area contributed by atoms with E-state index in [-0.39, 0.29) is 6.10 Å². The van der Waals surface area contributed by atoms with Crippen molar-refractivity contribution in [2.45, 2.75) is 39.3 Å². The summed E-state index contributed by atoms with van der Waals surface area (Å²) in [6.45, 7) is 6.49. The highest BCUT2D eigenvalue weighted by molar-refractivity contribution is 7.80. The number of ether oxygens (including phenoxy) is 2. The van der Waals surface area contributed by atoms with Crippen LogP contribution < -0.4 is 10.1 Å². The summed E-state index contributed by atoms with van der Waals surface area (Å²) < 4.78 is 11.4. The zero-order chi connectivity index (χ0) is 19.2. The van der Waals surface area contributed by atoms with Gasteiger partial charge in [-0.3, -0.25) is 0 Å². The second-order valence-electron chi connectivity index (χ2n) is 7.08. The maximum atomic E-state index is 5.86. The summed E-state index contributed by atoms with van der Waals surface area (Å²) in [7, 11) is 1.70. The number of hydrogen-bond acceptors (Lipinski definition) is 3. The van der Waals surface area contributed by atoms with Crippen LogP contribution in [0.4, 0.5) is 5.69 Å². The van der Waals surface area contributed by atoms with Crippen LogP contribution in [0.2, 0.25) is 0 Å². The summed E-state index contributed by atoms with van der Waals surface area (Å²) in [6.07, 6.45) is 2.41. The molecule has 0 saturated carbocycles. The molecule has 27 heavy (non-hydrogen) atoms. The van der Waals surface area contributed by atoms with Crippen LogP contribution in [-0.2, 0) is 11.3 Å². The summed E-state index contributed by atoms with van der Waals surface area (Å²) >= 11 is 5.78. The molecule has 0 aliphatic carbocycles. The zero-order valence-electron chi connectivity index (χ0n) is 16.3. The lowest BCUT2D eigenvalue weighted by Crippen LogP contribution is -2.39. The molecule has 2 aromatic rings. The van der Waals surface area contributed by atoms with E-state index in [0.29, 0.717) is 11.7 Å². The molecule has 1 heterocycles. The molecular weight excluding hydrogens is 356 g/mol. The summed E-state index contributed by atoms with van der Waals surface area (Å²) in [5, 5.41) is 4.14. The smallest absolute Gasteiger partial charge is 0.173 e. The third-order valence-electron chi connectivity index (χ3n) is 4.91. The summed E-state index contributed by atoms with van der Waals surface area (Å²) in [4.78, 5) is 2.18. The van der Waals surface area contributed by atoms with Gasteiger partial charge in [0.05, 0.1) is 13.2 Å². The highest BCUT2D eigenvalue weighted by atomic mass is 32.1. The molecule has 0 aromatic heterocycles. The minimum absolute atomic E-state index is 0.221. The van der Waals surface area contributed by atoms with Crippen LogP contribution in [0.5, 0.6) is 5.75 Å². The van der Waals surface area contributed by atoms with Gasteiger partial charge < -0.3 is 19.7 Å². The van der Waals surface area contributed by atoms with Crippen molar-refractivity contribution >= 4 is 23.0 Å². The standard InChI is InChI=1S/C22H28N2O2S/c1-16-10-11-20(17(2)13-16)23-22(27)24(15-19-8-6-12-26-19)14-18-7-4-5-9-21(18)25-3/h4-5,7,9-11,13,19H,6,8,12,14-15H2,1-3H3,(H,23,27). The second-order valence-corrected chi connectivity index (χ2v) is 7.46. The fraction of sp³-hybridized carbons (Fsp3) is 0.409. The monoisotopic (exact) mass is 384 g/mol. The number of para-hydroxylation sites is 1. The largest absolute Gasteiger partial charge is 0.496 e. The summed E-state index contributed by atoms with van der Waals surface area (Å²) in [5.41, 5.74) is 4.59. The number of thiocarbonyl (C=S) groups is 1. The van der Waals surface area contributed by atoms with Crippen LogP contribution in [0.3, 0.4) is 0 Å². The van der Waals surface area contributed by atoms with Crippen LogP contribution in [0.15, 0.2) is 42.5 Å². The first-order valence-corrected chi connectivity index (χ1v) is 9.84. The Bertz CT molecular complexity index is 788. The third kappa shape index (κ3) is 5.21.